The molecule has 12 heteroatoms. The van der Waals surface area contributed by atoms with Crippen LogP contribution < -0.4 is 5.32 Å². The summed E-state index contributed by atoms with van der Waals surface area (Å²) in [4.78, 5) is 47.7. The normalized spacial score (nSPS) is 13.7. The Balaban J connectivity index is 0.000000209. The summed E-state index contributed by atoms with van der Waals surface area (Å²) in [5.74, 6) is -0.687. The zero-order valence-corrected chi connectivity index (χ0v) is 30.1. The van der Waals surface area contributed by atoms with Crippen LogP contribution in [0.5, 0.6) is 0 Å². The number of pyridine rings is 2. The molecule has 0 spiro atoms. The van der Waals surface area contributed by atoms with E-state index in [2.05, 4.69) is 20.0 Å². The number of urea groups is 1. The van der Waals surface area contributed by atoms with Gasteiger partial charge in [0.1, 0.15) is 0 Å². The Kier molecular flexibility index (Phi) is 17.2. The van der Waals surface area contributed by atoms with Gasteiger partial charge in [-0.3, -0.25) is 9.97 Å². The topological polar surface area (TPSA) is 132 Å². The molecular weight excluding hydrogens is 662 g/mol. The van der Waals surface area contributed by atoms with Crippen LogP contribution in [0.15, 0.2) is 97.6 Å². The van der Waals surface area contributed by atoms with Crippen LogP contribution in [0.3, 0.4) is 0 Å². The predicted octanol–water partition coefficient (Wildman–Crippen LogP) is 5.67. The SMILES string of the molecule is C1CCOCC1.COC(=O)c1ccc(CN(Cc2cccnc2)C(=O)N2CCOCC2)cc1.COC(=O)c1ccc(CNCc2cccnc2)cc1. The van der Waals surface area contributed by atoms with E-state index in [1.165, 1.54) is 33.5 Å². The Morgan fingerprint density at radius 2 is 1.15 bits per heavy atom. The Morgan fingerprint density at radius 1 is 0.654 bits per heavy atom. The van der Waals surface area contributed by atoms with E-state index in [1.807, 2.05) is 59.6 Å². The zero-order chi connectivity index (χ0) is 36.8. The largest absolute Gasteiger partial charge is 0.465 e. The third kappa shape index (κ3) is 13.9. The number of nitrogens with zero attached hydrogens (tertiary/aromatic N) is 4. The van der Waals surface area contributed by atoms with E-state index in [1.54, 1.807) is 47.8 Å². The smallest absolute Gasteiger partial charge is 0.337 e. The van der Waals surface area contributed by atoms with Gasteiger partial charge < -0.3 is 34.1 Å². The van der Waals surface area contributed by atoms with Crippen LogP contribution in [0, 0.1) is 0 Å². The maximum atomic E-state index is 13.0. The first-order chi connectivity index (χ1) is 25.5. The van der Waals surface area contributed by atoms with E-state index in [9.17, 15) is 14.4 Å². The van der Waals surface area contributed by atoms with Crippen molar-refractivity contribution in [2.75, 3.05) is 53.7 Å². The van der Waals surface area contributed by atoms with Crippen LogP contribution in [0.1, 0.15) is 62.2 Å². The lowest BCUT2D eigenvalue weighted by Gasteiger charge is -2.33. The fraction of sp³-hybridized carbons (Fsp3) is 0.375. The van der Waals surface area contributed by atoms with Gasteiger partial charge in [-0.1, -0.05) is 36.4 Å². The highest BCUT2D eigenvalue weighted by Gasteiger charge is 2.23. The molecule has 0 saturated carbocycles. The monoisotopic (exact) mass is 711 g/mol. The van der Waals surface area contributed by atoms with Gasteiger partial charge in [0.05, 0.1) is 38.6 Å². The Hall–Kier alpha value is -5.17. The molecule has 0 unspecified atom stereocenters. The molecule has 0 radical (unpaired) electrons. The van der Waals surface area contributed by atoms with E-state index < -0.39 is 0 Å². The molecule has 4 aromatic rings. The summed E-state index contributed by atoms with van der Waals surface area (Å²) < 4.78 is 19.8. The molecule has 6 rings (SSSR count). The van der Waals surface area contributed by atoms with Crippen molar-refractivity contribution < 1.29 is 33.3 Å². The first kappa shape index (κ1) is 39.6. The molecule has 2 aliphatic heterocycles. The van der Waals surface area contributed by atoms with E-state index in [0.717, 1.165) is 48.6 Å². The minimum absolute atomic E-state index is 0.0285. The summed E-state index contributed by atoms with van der Waals surface area (Å²) in [6.07, 6.45) is 11.0. The lowest BCUT2D eigenvalue weighted by molar-refractivity contribution is 0.0418. The third-order valence-electron chi connectivity index (χ3n) is 8.23. The van der Waals surface area contributed by atoms with Crippen LogP contribution >= 0.6 is 0 Å². The molecule has 2 saturated heterocycles. The number of methoxy groups -OCH3 is 2. The zero-order valence-electron chi connectivity index (χ0n) is 30.1. The van der Waals surface area contributed by atoms with Gasteiger partial charge in [-0.25, -0.2) is 14.4 Å². The van der Waals surface area contributed by atoms with Crippen LogP contribution in [0.25, 0.3) is 0 Å². The molecular formula is C40H49N5O7. The second kappa shape index (κ2) is 22.6. The molecule has 2 amide bonds. The van der Waals surface area contributed by atoms with E-state index in [4.69, 9.17) is 14.2 Å². The van der Waals surface area contributed by atoms with Crippen LogP contribution in [0.2, 0.25) is 0 Å². The number of esters is 2. The molecule has 2 fully saturated rings. The van der Waals surface area contributed by atoms with Crippen molar-refractivity contribution in [1.29, 1.82) is 0 Å². The second-order valence-corrected chi connectivity index (χ2v) is 12.1. The number of hydrogen-bond acceptors (Lipinski definition) is 10. The number of carbonyl (C=O) groups excluding carboxylic acids is 3. The van der Waals surface area contributed by atoms with Crippen molar-refractivity contribution in [2.45, 2.75) is 45.4 Å². The standard InChI is InChI=1S/C20H23N3O4.C15H16N2O2.C5H10O/c1-26-19(24)18-6-4-16(5-7-18)14-23(15-17-3-2-8-21-13-17)20(25)22-9-11-27-12-10-22;1-19-15(18)14-6-4-12(5-7-14)9-17-11-13-3-2-8-16-10-13;1-2-4-6-5-3-1/h2-8,13H,9-12,14-15H2,1H3;2-8,10,17H,9,11H2,1H3;1-5H2. The Morgan fingerprint density at radius 3 is 1.63 bits per heavy atom. The molecule has 2 aromatic carbocycles. The number of rotatable bonds is 10. The number of ether oxygens (including phenoxy) is 4. The summed E-state index contributed by atoms with van der Waals surface area (Å²) in [6.45, 7) is 6.70. The average Bonchev–Trinajstić information content (AvgIpc) is 3.22. The highest BCUT2D eigenvalue weighted by molar-refractivity contribution is 5.89. The molecule has 12 nitrogen and oxygen atoms in total. The summed E-state index contributed by atoms with van der Waals surface area (Å²) in [6, 6.07) is 22.2. The highest BCUT2D eigenvalue weighted by Crippen LogP contribution is 2.15. The van der Waals surface area contributed by atoms with Crippen molar-refractivity contribution in [3.63, 3.8) is 0 Å². The van der Waals surface area contributed by atoms with Crippen molar-refractivity contribution in [1.82, 2.24) is 25.1 Å². The van der Waals surface area contributed by atoms with Crippen molar-refractivity contribution in [2.24, 2.45) is 0 Å². The highest BCUT2D eigenvalue weighted by atomic mass is 16.5. The van der Waals surface area contributed by atoms with E-state index in [-0.39, 0.29) is 18.0 Å². The number of amides is 2. The molecule has 0 atom stereocenters. The predicted molar refractivity (Wildman–Crippen MR) is 196 cm³/mol. The molecule has 4 heterocycles. The molecule has 0 aliphatic carbocycles. The van der Waals surface area contributed by atoms with E-state index in [0.29, 0.717) is 50.5 Å². The summed E-state index contributed by atoms with van der Waals surface area (Å²) >= 11 is 0. The number of hydrogen-bond donors (Lipinski definition) is 1. The van der Waals surface area contributed by atoms with E-state index >= 15 is 0 Å². The quantitative estimate of drug-likeness (QED) is 0.205. The second-order valence-electron chi connectivity index (χ2n) is 12.1. The average molecular weight is 712 g/mol. The molecule has 2 aliphatic rings. The summed E-state index contributed by atoms with van der Waals surface area (Å²) in [5, 5.41) is 3.32. The summed E-state index contributed by atoms with van der Waals surface area (Å²) in [5.41, 5.74) is 5.22. The maximum Gasteiger partial charge on any atom is 0.337 e. The van der Waals surface area contributed by atoms with Gasteiger partial charge in [-0.15, -0.1) is 0 Å². The van der Waals surface area contributed by atoms with Gasteiger partial charge in [0.2, 0.25) is 0 Å². The Labute approximate surface area is 306 Å². The van der Waals surface area contributed by atoms with Gasteiger partial charge in [-0.2, -0.15) is 0 Å². The van der Waals surface area contributed by atoms with Crippen LogP contribution in [0.4, 0.5) is 4.79 Å². The molecule has 52 heavy (non-hydrogen) atoms. The lowest BCUT2D eigenvalue weighted by Crippen LogP contribution is -2.47. The number of benzene rings is 2. The van der Waals surface area contributed by atoms with Crippen molar-refractivity contribution in [3.8, 4) is 0 Å². The van der Waals surface area contributed by atoms with Gasteiger partial charge >= 0.3 is 18.0 Å². The lowest BCUT2D eigenvalue weighted by atomic mass is 10.1. The number of aromatic nitrogens is 2. The molecule has 0 bridgehead atoms. The maximum absolute atomic E-state index is 13.0. The fourth-order valence-electron chi connectivity index (χ4n) is 5.36. The number of nitrogens with one attached hydrogen (secondary N) is 1. The van der Waals surface area contributed by atoms with Crippen LogP contribution in [-0.4, -0.2) is 91.5 Å². The van der Waals surface area contributed by atoms with Gasteiger partial charge in [0, 0.05) is 77.3 Å². The molecule has 1 N–H and O–H groups in total. The van der Waals surface area contributed by atoms with Gasteiger partial charge in [-0.05, 0) is 77.9 Å². The first-order valence-corrected chi connectivity index (χ1v) is 17.5. The fourth-order valence-corrected chi connectivity index (χ4v) is 5.36. The first-order valence-electron chi connectivity index (χ1n) is 17.5. The molecule has 2 aromatic heterocycles. The van der Waals surface area contributed by atoms with Crippen LogP contribution in [-0.2, 0) is 45.1 Å². The third-order valence-corrected chi connectivity index (χ3v) is 8.23. The van der Waals surface area contributed by atoms with Crippen molar-refractivity contribution >= 4 is 18.0 Å². The number of carbonyl (C=O) groups is 3. The Bertz CT molecular complexity index is 1600. The van der Waals surface area contributed by atoms with Gasteiger partial charge in [0.15, 0.2) is 0 Å². The minimum Gasteiger partial charge on any atom is -0.465 e. The van der Waals surface area contributed by atoms with Gasteiger partial charge in [0.25, 0.3) is 0 Å². The number of morpholine rings is 1. The minimum atomic E-state index is -0.377. The molecule has 276 valence electrons. The summed E-state index contributed by atoms with van der Waals surface area (Å²) in [7, 11) is 2.73. The van der Waals surface area contributed by atoms with Crippen molar-refractivity contribution in [3.05, 3.63) is 131 Å².